The summed E-state index contributed by atoms with van der Waals surface area (Å²) in [5, 5.41) is 8.68. The third kappa shape index (κ3) is 6.55. The van der Waals surface area contributed by atoms with E-state index in [0.717, 1.165) is 5.56 Å². The summed E-state index contributed by atoms with van der Waals surface area (Å²) in [7, 11) is 0. The molecule has 0 fully saturated rings. The first-order valence-electron chi connectivity index (χ1n) is 9.21. The van der Waals surface area contributed by atoms with Crippen LogP contribution in [0.1, 0.15) is 22.3 Å². The maximum absolute atomic E-state index is 12.1. The van der Waals surface area contributed by atoms with Gasteiger partial charge in [0, 0.05) is 23.4 Å². The van der Waals surface area contributed by atoms with Crippen molar-refractivity contribution in [3.63, 3.8) is 0 Å². The summed E-state index contributed by atoms with van der Waals surface area (Å²) in [5.41, 5.74) is 3.08. The average Bonchev–Trinajstić information content (AvgIpc) is 2.75. The van der Waals surface area contributed by atoms with Crippen LogP contribution in [0.25, 0.3) is 0 Å². The minimum Gasteiger partial charge on any atom is -0.332 e. The van der Waals surface area contributed by atoms with Crippen molar-refractivity contribution in [3.8, 4) is 0 Å². The fraction of sp³-hybridized carbons (Fsp3) is 0.0870. The molecule has 0 aliphatic carbocycles. The van der Waals surface area contributed by atoms with Gasteiger partial charge in [0.2, 0.25) is 5.91 Å². The van der Waals surface area contributed by atoms with E-state index in [4.69, 9.17) is 12.2 Å². The van der Waals surface area contributed by atoms with Crippen molar-refractivity contribution in [3.05, 3.63) is 96.1 Å². The number of rotatable bonds is 6. The van der Waals surface area contributed by atoms with Gasteiger partial charge in [-0.05, 0) is 60.6 Å². The Morgan fingerprint density at radius 3 is 1.90 bits per heavy atom. The van der Waals surface area contributed by atoms with Crippen LogP contribution >= 0.6 is 12.2 Å². The molecule has 5 nitrogen and oxygen atoms in total. The quantitative estimate of drug-likeness (QED) is 0.534. The molecule has 3 aromatic carbocycles. The van der Waals surface area contributed by atoms with Crippen molar-refractivity contribution in [1.29, 1.82) is 0 Å². The van der Waals surface area contributed by atoms with Crippen molar-refractivity contribution < 1.29 is 9.59 Å². The van der Waals surface area contributed by atoms with Gasteiger partial charge < -0.3 is 10.6 Å². The number of aryl methyl sites for hydroxylation is 1. The van der Waals surface area contributed by atoms with Crippen LogP contribution in [0.5, 0.6) is 0 Å². The number of hydrogen-bond acceptors (Lipinski definition) is 3. The fourth-order valence-electron chi connectivity index (χ4n) is 2.69. The lowest BCUT2D eigenvalue weighted by Gasteiger charge is -2.11. The maximum atomic E-state index is 12.1. The second kappa shape index (κ2) is 10.1. The second-order valence-electron chi connectivity index (χ2n) is 6.39. The van der Waals surface area contributed by atoms with E-state index in [1.807, 2.05) is 36.4 Å². The highest BCUT2D eigenvalue weighted by atomic mass is 32.1. The first-order chi connectivity index (χ1) is 14.1. The summed E-state index contributed by atoms with van der Waals surface area (Å²) in [4.78, 5) is 24.2. The van der Waals surface area contributed by atoms with E-state index >= 15 is 0 Å². The number of benzene rings is 3. The van der Waals surface area contributed by atoms with Crippen molar-refractivity contribution >= 4 is 40.5 Å². The fourth-order valence-corrected chi connectivity index (χ4v) is 2.90. The Balaban J connectivity index is 1.46. The number of carbonyl (C=O) groups excluding carboxylic acids is 2. The van der Waals surface area contributed by atoms with Crippen LogP contribution in [0.4, 0.5) is 11.4 Å². The van der Waals surface area contributed by atoms with E-state index < -0.39 is 0 Å². The number of amides is 2. The average molecular weight is 404 g/mol. The molecule has 0 bridgehead atoms. The van der Waals surface area contributed by atoms with Gasteiger partial charge in [0.1, 0.15) is 0 Å². The third-order valence-electron chi connectivity index (χ3n) is 4.17. The Bertz CT molecular complexity index is 974. The molecule has 0 atom stereocenters. The molecule has 2 amide bonds. The first-order valence-corrected chi connectivity index (χ1v) is 9.62. The molecule has 0 spiro atoms. The Labute approximate surface area is 175 Å². The van der Waals surface area contributed by atoms with Crippen molar-refractivity contribution in [2.75, 3.05) is 10.6 Å². The highest BCUT2D eigenvalue weighted by Crippen LogP contribution is 2.14. The van der Waals surface area contributed by atoms with Gasteiger partial charge in [0.25, 0.3) is 5.91 Å². The lowest BCUT2D eigenvalue weighted by molar-refractivity contribution is -0.116. The van der Waals surface area contributed by atoms with Crippen LogP contribution in [0, 0.1) is 0 Å². The van der Waals surface area contributed by atoms with E-state index in [0.29, 0.717) is 29.8 Å². The predicted octanol–water partition coefficient (Wildman–Crippen LogP) is 4.38. The Kier molecular flexibility index (Phi) is 7.08. The molecule has 3 rings (SSSR count). The minimum absolute atomic E-state index is 0.0415. The zero-order valence-electron chi connectivity index (χ0n) is 15.7. The zero-order chi connectivity index (χ0) is 20.5. The van der Waals surface area contributed by atoms with Gasteiger partial charge >= 0.3 is 0 Å². The predicted molar refractivity (Wildman–Crippen MR) is 120 cm³/mol. The molecule has 6 heteroatoms. The van der Waals surface area contributed by atoms with Crippen LogP contribution in [0.2, 0.25) is 0 Å². The molecule has 0 aromatic heterocycles. The Morgan fingerprint density at radius 1 is 0.724 bits per heavy atom. The highest BCUT2D eigenvalue weighted by molar-refractivity contribution is 7.80. The summed E-state index contributed by atoms with van der Waals surface area (Å²) in [6.45, 7) is 0. The molecule has 29 heavy (non-hydrogen) atoms. The lowest BCUT2D eigenvalue weighted by Crippen LogP contribution is -2.34. The molecular weight excluding hydrogens is 382 g/mol. The third-order valence-corrected chi connectivity index (χ3v) is 4.38. The van der Waals surface area contributed by atoms with E-state index in [1.54, 1.807) is 48.5 Å². The molecule has 3 aromatic rings. The van der Waals surface area contributed by atoms with Crippen LogP contribution in [-0.4, -0.2) is 16.9 Å². The molecular formula is C23H21N3O2S. The molecule has 0 saturated carbocycles. The van der Waals surface area contributed by atoms with Gasteiger partial charge in [-0.1, -0.05) is 48.5 Å². The largest absolute Gasteiger partial charge is 0.332 e. The number of thiocarbonyl (C=S) groups is 1. The summed E-state index contributed by atoms with van der Waals surface area (Å²) in [5.74, 6) is -0.314. The Morgan fingerprint density at radius 2 is 1.28 bits per heavy atom. The first kappa shape index (κ1) is 20.2. The van der Waals surface area contributed by atoms with Gasteiger partial charge in [0.15, 0.2) is 5.11 Å². The molecule has 0 saturated heterocycles. The topological polar surface area (TPSA) is 70.2 Å². The van der Waals surface area contributed by atoms with E-state index in [2.05, 4.69) is 16.0 Å². The lowest BCUT2D eigenvalue weighted by atomic mass is 10.1. The minimum atomic E-state index is -0.273. The molecule has 0 aliphatic heterocycles. The van der Waals surface area contributed by atoms with E-state index in [9.17, 15) is 9.59 Å². The summed E-state index contributed by atoms with van der Waals surface area (Å²) < 4.78 is 0. The zero-order valence-corrected chi connectivity index (χ0v) is 16.5. The summed E-state index contributed by atoms with van der Waals surface area (Å²) >= 11 is 5.18. The molecule has 0 radical (unpaired) electrons. The van der Waals surface area contributed by atoms with E-state index in [-0.39, 0.29) is 16.9 Å². The number of hydrogen-bond donors (Lipinski definition) is 3. The molecule has 0 aliphatic rings. The van der Waals surface area contributed by atoms with E-state index in [1.165, 1.54) is 0 Å². The molecule has 146 valence electrons. The molecule has 0 unspecified atom stereocenters. The SMILES string of the molecule is O=C(CCc1ccccc1)Nc1ccc(NC(=S)NC(=O)c2ccccc2)cc1. The van der Waals surface area contributed by atoms with Crippen molar-refractivity contribution in [2.24, 2.45) is 0 Å². The van der Waals surface area contributed by atoms with Crippen LogP contribution < -0.4 is 16.0 Å². The van der Waals surface area contributed by atoms with Crippen LogP contribution in [-0.2, 0) is 11.2 Å². The maximum Gasteiger partial charge on any atom is 0.257 e. The van der Waals surface area contributed by atoms with Crippen LogP contribution in [0.15, 0.2) is 84.9 Å². The van der Waals surface area contributed by atoms with Gasteiger partial charge in [-0.2, -0.15) is 0 Å². The summed E-state index contributed by atoms with van der Waals surface area (Å²) in [6.07, 6.45) is 1.11. The van der Waals surface area contributed by atoms with Gasteiger partial charge in [0.05, 0.1) is 0 Å². The van der Waals surface area contributed by atoms with Gasteiger partial charge in [-0.3, -0.25) is 14.9 Å². The molecule has 3 N–H and O–H groups in total. The second-order valence-corrected chi connectivity index (χ2v) is 6.79. The monoisotopic (exact) mass is 403 g/mol. The normalized spacial score (nSPS) is 10.1. The summed E-state index contributed by atoms with van der Waals surface area (Å²) in [6, 6.07) is 25.9. The Hall–Kier alpha value is -3.51. The standard InChI is InChI=1S/C23H21N3O2S/c27-21(16-11-17-7-3-1-4-8-17)24-19-12-14-20(15-13-19)25-23(29)26-22(28)18-9-5-2-6-10-18/h1-10,12-15H,11,16H2,(H,24,27)(H2,25,26,28,29). The highest BCUT2D eigenvalue weighted by Gasteiger charge is 2.08. The van der Waals surface area contributed by atoms with Crippen molar-refractivity contribution in [1.82, 2.24) is 5.32 Å². The molecule has 0 heterocycles. The van der Waals surface area contributed by atoms with Crippen LogP contribution in [0.3, 0.4) is 0 Å². The smallest absolute Gasteiger partial charge is 0.257 e. The number of anilines is 2. The van der Waals surface area contributed by atoms with Gasteiger partial charge in [-0.15, -0.1) is 0 Å². The van der Waals surface area contributed by atoms with Crippen molar-refractivity contribution in [2.45, 2.75) is 12.8 Å². The number of nitrogens with one attached hydrogen (secondary N) is 3. The number of carbonyl (C=O) groups is 2. The van der Waals surface area contributed by atoms with Gasteiger partial charge in [-0.25, -0.2) is 0 Å².